The molecule has 0 saturated heterocycles. The van der Waals surface area contributed by atoms with E-state index >= 15 is 0 Å². The minimum atomic E-state index is -0.312. The Kier molecular flexibility index (Phi) is 6.78. The van der Waals surface area contributed by atoms with Gasteiger partial charge in [0, 0.05) is 24.6 Å². The maximum Gasteiger partial charge on any atom is 0.276 e. The fraction of sp³-hybridized carbons (Fsp3) is 0.143. The van der Waals surface area contributed by atoms with E-state index in [0.717, 1.165) is 17.0 Å². The summed E-state index contributed by atoms with van der Waals surface area (Å²) in [5, 5.41) is 3.26. The number of nitrogens with zero attached hydrogens (tertiary/aromatic N) is 1. The number of para-hydroxylation sites is 2. The molecule has 6 heteroatoms. The van der Waals surface area contributed by atoms with Crippen LogP contribution in [-0.2, 0) is 11.4 Å². The van der Waals surface area contributed by atoms with Gasteiger partial charge >= 0.3 is 0 Å². The Balaban J connectivity index is 1.46. The van der Waals surface area contributed by atoms with Crippen LogP contribution >= 0.6 is 0 Å². The van der Waals surface area contributed by atoms with E-state index in [2.05, 4.69) is 15.8 Å². The molecule has 0 aliphatic carbocycles. The van der Waals surface area contributed by atoms with Gasteiger partial charge in [-0.2, -0.15) is 0 Å². The summed E-state index contributed by atoms with van der Waals surface area (Å²) in [6.07, 6.45) is 3.47. The third-order valence-corrected chi connectivity index (χ3v) is 3.77. The Morgan fingerprint density at radius 3 is 2.44 bits per heavy atom. The molecule has 2 N–H and O–H groups in total. The van der Waals surface area contributed by atoms with E-state index in [9.17, 15) is 4.79 Å². The molecule has 2 aromatic carbocycles. The molecule has 27 heavy (non-hydrogen) atoms. The normalized spacial score (nSPS) is 10.2. The first-order valence-corrected chi connectivity index (χ1v) is 8.65. The smallest absolute Gasteiger partial charge is 0.276 e. The van der Waals surface area contributed by atoms with Gasteiger partial charge in [0.05, 0.1) is 5.56 Å². The second-order valence-corrected chi connectivity index (χ2v) is 5.70. The van der Waals surface area contributed by atoms with E-state index in [-0.39, 0.29) is 12.5 Å². The monoisotopic (exact) mass is 363 g/mol. The number of aromatic nitrogens is 1. The molecule has 0 aliphatic rings. The standard InChI is InChI=1S/C21H21N3O3/c25-21(24-27-15-14-26-18-6-2-1-3-7-18)19-8-4-5-9-20(19)23-16-17-10-12-22-13-11-17/h1-13,23H,14-16H2,(H,24,25). The predicted octanol–water partition coefficient (Wildman–Crippen LogP) is 3.43. The van der Waals surface area contributed by atoms with Crippen LogP contribution in [0.5, 0.6) is 5.75 Å². The van der Waals surface area contributed by atoms with Gasteiger partial charge in [-0.05, 0) is 42.0 Å². The summed E-state index contributed by atoms with van der Waals surface area (Å²) in [4.78, 5) is 21.6. The van der Waals surface area contributed by atoms with E-state index in [1.54, 1.807) is 18.5 Å². The lowest BCUT2D eigenvalue weighted by Gasteiger charge is -2.12. The topological polar surface area (TPSA) is 72.5 Å². The van der Waals surface area contributed by atoms with Crippen LogP contribution in [0.3, 0.4) is 0 Å². The third kappa shape index (κ3) is 5.83. The Bertz CT molecular complexity index is 842. The predicted molar refractivity (Wildman–Crippen MR) is 103 cm³/mol. The first-order valence-electron chi connectivity index (χ1n) is 8.65. The lowest BCUT2D eigenvalue weighted by atomic mass is 10.1. The van der Waals surface area contributed by atoms with Crippen molar-refractivity contribution in [3.8, 4) is 5.75 Å². The summed E-state index contributed by atoms with van der Waals surface area (Å²) in [7, 11) is 0. The number of hydrogen-bond donors (Lipinski definition) is 2. The molecule has 0 fully saturated rings. The Labute approximate surface area is 158 Å². The fourth-order valence-electron chi connectivity index (χ4n) is 2.42. The number of hydrogen-bond acceptors (Lipinski definition) is 5. The molecule has 0 saturated carbocycles. The summed E-state index contributed by atoms with van der Waals surface area (Å²) in [5.41, 5.74) is 4.78. The molecule has 0 bridgehead atoms. The fourth-order valence-corrected chi connectivity index (χ4v) is 2.42. The average molecular weight is 363 g/mol. The molecule has 6 nitrogen and oxygen atoms in total. The van der Waals surface area contributed by atoms with Gasteiger partial charge in [0.2, 0.25) is 0 Å². The third-order valence-electron chi connectivity index (χ3n) is 3.77. The van der Waals surface area contributed by atoms with Gasteiger partial charge in [0.15, 0.2) is 0 Å². The van der Waals surface area contributed by atoms with Gasteiger partial charge in [0.1, 0.15) is 19.0 Å². The van der Waals surface area contributed by atoms with Crippen molar-refractivity contribution in [3.63, 3.8) is 0 Å². The summed E-state index contributed by atoms with van der Waals surface area (Å²) in [6, 6.07) is 20.6. The SMILES string of the molecule is O=C(NOCCOc1ccccc1)c1ccccc1NCc1ccncc1. The largest absolute Gasteiger partial charge is 0.491 e. The molecule has 0 unspecified atom stereocenters. The number of anilines is 1. The second-order valence-electron chi connectivity index (χ2n) is 5.70. The van der Waals surface area contributed by atoms with Crippen LogP contribution in [-0.4, -0.2) is 24.1 Å². The first-order chi connectivity index (χ1) is 13.3. The van der Waals surface area contributed by atoms with Crippen LogP contribution in [0.4, 0.5) is 5.69 Å². The molecule has 0 aliphatic heterocycles. The van der Waals surface area contributed by atoms with E-state index < -0.39 is 0 Å². The highest BCUT2D eigenvalue weighted by atomic mass is 16.7. The molecule has 138 valence electrons. The average Bonchev–Trinajstić information content (AvgIpc) is 2.73. The zero-order chi connectivity index (χ0) is 18.7. The zero-order valence-corrected chi connectivity index (χ0v) is 14.8. The summed E-state index contributed by atoms with van der Waals surface area (Å²) in [6.45, 7) is 1.18. The number of ether oxygens (including phenoxy) is 1. The van der Waals surface area contributed by atoms with E-state index in [1.807, 2.05) is 60.7 Å². The summed E-state index contributed by atoms with van der Waals surface area (Å²) < 4.78 is 5.51. The number of hydroxylamine groups is 1. The molecular formula is C21H21N3O3. The van der Waals surface area contributed by atoms with Crippen molar-refractivity contribution in [1.29, 1.82) is 0 Å². The minimum Gasteiger partial charge on any atom is -0.491 e. The van der Waals surface area contributed by atoms with Crippen molar-refractivity contribution in [2.24, 2.45) is 0 Å². The lowest BCUT2D eigenvalue weighted by molar-refractivity contribution is 0.0201. The molecule has 0 atom stereocenters. The van der Waals surface area contributed by atoms with Gasteiger partial charge < -0.3 is 10.1 Å². The van der Waals surface area contributed by atoms with Gasteiger partial charge in [-0.15, -0.1) is 0 Å². The Morgan fingerprint density at radius 1 is 0.889 bits per heavy atom. The first kappa shape index (κ1) is 18.4. The zero-order valence-electron chi connectivity index (χ0n) is 14.8. The summed E-state index contributed by atoms with van der Waals surface area (Å²) >= 11 is 0. The minimum absolute atomic E-state index is 0.243. The van der Waals surface area contributed by atoms with Crippen LogP contribution in [0.2, 0.25) is 0 Å². The number of carbonyl (C=O) groups excluding carboxylic acids is 1. The quantitative estimate of drug-likeness (QED) is 0.450. The maximum absolute atomic E-state index is 12.4. The van der Waals surface area contributed by atoms with Crippen molar-refractivity contribution < 1.29 is 14.4 Å². The number of nitrogens with one attached hydrogen (secondary N) is 2. The van der Waals surface area contributed by atoms with E-state index in [0.29, 0.717) is 18.7 Å². The van der Waals surface area contributed by atoms with Gasteiger partial charge in [-0.3, -0.25) is 14.6 Å². The van der Waals surface area contributed by atoms with Crippen molar-refractivity contribution in [2.45, 2.75) is 6.54 Å². The molecular weight excluding hydrogens is 342 g/mol. The molecule has 3 rings (SSSR count). The molecule has 1 amide bonds. The molecule has 0 spiro atoms. The molecule has 0 radical (unpaired) electrons. The number of pyridine rings is 1. The summed E-state index contributed by atoms with van der Waals surface area (Å²) in [5.74, 6) is 0.450. The highest BCUT2D eigenvalue weighted by Gasteiger charge is 2.10. The number of rotatable bonds is 9. The number of carbonyl (C=O) groups is 1. The van der Waals surface area contributed by atoms with Crippen molar-refractivity contribution >= 4 is 11.6 Å². The number of amides is 1. The molecule has 1 aromatic heterocycles. The van der Waals surface area contributed by atoms with Crippen LogP contribution in [0.25, 0.3) is 0 Å². The van der Waals surface area contributed by atoms with Crippen molar-refractivity contribution in [1.82, 2.24) is 10.5 Å². The van der Waals surface area contributed by atoms with Crippen LogP contribution < -0.4 is 15.5 Å². The van der Waals surface area contributed by atoms with Gasteiger partial charge in [-0.25, -0.2) is 5.48 Å². The Hall–Kier alpha value is -3.38. The van der Waals surface area contributed by atoms with Gasteiger partial charge in [-0.1, -0.05) is 30.3 Å². The maximum atomic E-state index is 12.4. The van der Waals surface area contributed by atoms with E-state index in [1.165, 1.54) is 0 Å². The Morgan fingerprint density at radius 2 is 1.63 bits per heavy atom. The highest BCUT2D eigenvalue weighted by Crippen LogP contribution is 2.16. The van der Waals surface area contributed by atoms with Crippen LogP contribution in [0.1, 0.15) is 15.9 Å². The van der Waals surface area contributed by atoms with Crippen LogP contribution in [0.15, 0.2) is 79.1 Å². The second kappa shape index (κ2) is 9.94. The molecule has 3 aromatic rings. The van der Waals surface area contributed by atoms with Crippen molar-refractivity contribution in [2.75, 3.05) is 18.5 Å². The highest BCUT2D eigenvalue weighted by molar-refractivity contribution is 5.98. The van der Waals surface area contributed by atoms with Gasteiger partial charge in [0.25, 0.3) is 5.91 Å². The van der Waals surface area contributed by atoms with E-state index in [4.69, 9.17) is 9.57 Å². The number of benzene rings is 2. The van der Waals surface area contributed by atoms with Crippen LogP contribution in [0, 0.1) is 0 Å². The van der Waals surface area contributed by atoms with Crippen molar-refractivity contribution in [3.05, 3.63) is 90.3 Å². The molecule has 1 heterocycles. The lowest BCUT2D eigenvalue weighted by Crippen LogP contribution is -2.26.